The summed E-state index contributed by atoms with van der Waals surface area (Å²) < 4.78 is 28.6. The van der Waals surface area contributed by atoms with E-state index in [1.807, 2.05) is 0 Å². The zero-order valence-electron chi connectivity index (χ0n) is 13.3. The minimum Gasteiger partial charge on any atom is -0.481 e. The molecule has 0 saturated heterocycles. The quantitative estimate of drug-likeness (QED) is 0.876. The monoisotopic (exact) mass is 337 g/mol. The maximum atomic E-state index is 13.9. The Hall–Kier alpha value is -2.77. The molecular formula is C16H17F2N3O3. The standard InChI is InChI=1S/C16H17F2N3O3/c1-10-8-13(20(2)19-10)16(24)21(7-6-14(22)23)9-11-4-3-5-12(17)15(11)18/h3-5,8H,6-7,9H2,1-2H3,(H,22,23). The fourth-order valence-electron chi connectivity index (χ4n) is 2.33. The van der Waals surface area contributed by atoms with Gasteiger partial charge in [-0.15, -0.1) is 0 Å². The fraction of sp³-hybridized carbons (Fsp3) is 0.312. The molecule has 24 heavy (non-hydrogen) atoms. The Labute approximate surface area is 137 Å². The van der Waals surface area contributed by atoms with Crippen LogP contribution in [0.15, 0.2) is 24.3 Å². The number of carbonyl (C=O) groups is 2. The highest BCUT2D eigenvalue weighted by Crippen LogP contribution is 2.16. The Morgan fingerprint density at radius 1 is 1.33 bits per heavy atom. The minimum absolute atomic E-state index is 0.0207. The smallest absolute Gasteiger partial charge is 0.305 e. The first-order valence-corrected chi connectivity index (χ1v) is 7.24. The molecule has 1 amide bonds. The molecule has 2 rings (SSSR count). The Morgan fingerprint density at radius 2 is 2.04 bits per heavy atom. The van der Waals surface area contributed by atoms with E-state index in [0.717, 1.165) is 6.07 Å². The summed E-state index contributed by atoms with van der Waals surface area (Å²) in [6, 6.07) is 5.22. The molecule has 0 aliphatic carbocycles. The van der Waals surface area contributed by atoms with E-state index in [1.54, 1.807) is 20.0 Å². The summed E-state index contributed by atoms with van der Waals surface area (Å²) in [6.45, 7) is 1.35. The van der Waals surface area contributed by atoms with E-state index >= 15 is 0 Å². The van der Waals surface area contributed by atoms with E-state index in [2.05, 4.69) is 5.10 Å². The van der Waals surface area contributed by atoms with Crippen molar-refractivity contribution < 1.29 is 23.5 Å². The number of aliphatic carboxylic acids is 1. The summed E-state index contributed by atoms with van der Waals surface area (Å²) in [4.78, 5) is 24.6. The molecule has 0 saturated carbocycles. The molecule has 0 spiro atoms. The number of benzene rings is 1. The molecule has 0 atom stereocenters. The number of aryl methyl sites for hydroxylation is 2. The normalized spacial score (nSPS) is 10.7. The molecule has 128 valence electrons. The van der Waals surface area contributed by atoms with Gasteiger partial charge in [0.25, 0.3) is 5.91 Å². The number of aromatic nitrogens is 2. The van der Waals surface area contributed by atoms with Crippen molar-refractivity contribution in [2.75, 3.05) is 6.54 Å². The van der Waals surface area contributed by atoms with Crippen LogP contribution in [0.5, 0.6) is 0 Å². The van der Waals surface area contributed by atoms with Crippen LogP contribution in [0.3, 0.4) is 0 Å². The molecule has 6 nitrogen and oxygen atoms in total. The molecule has 1 aromatic heterocycles. The highest BCUT2D eigenvalue weighted by Gasteiger charge is 2.22. The van der Waals surface area contributed by atoms with Crippen LogP contribution in [0.1, 0.15) is 28.2 Å². The van der Waals surface area contributed by atoms with Crippen LogP contribution in [0.2, 0.25) is 0 Å². The van der Waals surface area contributed by atoms with Gasteiger partial charge in [0.2, 0.25) is 0 Å². The SMILES string of the molecule is Cc1cc(C(=O)N(CCC(=O)O)Cc2cccc(F)c2F)n(C)n1. The lowest BCUT2D eigenvalue weighted by molar-refractivity contribution is -0.137. The lowest BCUT2D eigenvalue weighted by Crippen LogP contribution is -2.34. The van der Waals surface area contributed by atoms with Crippen LogP contribution in [0.4, 0.5) is 8.78 Å². The zero-order valence-corrected chi connectivity index (χ0v) is 13.3. The van der Waals surface area contributed by atoms with E-state index < -0.39 is 23.5 Å². The highest BCUT2D eigenvalue weighted by atomic mass is 19.2. The largest absolute Gasteiger partial charge is 0.481 e. The van der Waals surface area contributed by atoms with E-state index in [9.17, 15) is 18.4 Å². The topological polar surface area (TPSA) is 75.4 Å². The second kappa shape index (κ2) is 7.20. The predicted molar refractivity (Wildman–Crippen MR) is 81.3 cm³/mol. The molecule has 0 aliphatic rings. The maximum Gasteiger partial charge on any atom is 0.305 e. The van der Waals surface area contributed by atoms with Gasteiger partial charge in [-0.2, -0.15) is 5.10 Å². The average Bonchev–Trinajstić information content (AvgIpc) is 2.85. The van der Waals surface area contributed by atoms with Gasteiger partial charge in [0.05, 0.1) is 12.1 Å². The van der Waals surface area contributed by atoms with Crippen molar-refractivity contribution in [1.82, 2.24) is 14.7 Å². The molecule has 0 unspecified atom stereocenters. The first kappa shape index (κ1) is 17.6. The number of amides is 1. The lowest BCUT2D eigenvalue weighted by Gasteiger charge is -2.22. The van der Waals surface area contributed by atoms with E-state index in [0.29, 0.717) is 5.69 Å². The number of hydrogen-bond donors (Lipinski definition) is 1. The third-order valence-electron chi connectivity index (χ3n) is 3.50. The van der Waals surface area contributed by atoms with Crippen molar-refractivity contribution in [3.8, 4) is 0 Å². The van der Waals surface area contributed by atoms with Gasteiger partial charge in [0, 0.05) is 25.7 Å². The molecule has 0 bridgehead atoms. The van der Waals surface area contributed by atoms with Gasteiger partial charge in [-0.1, -0.05) is 12.1 Å². The Balaban J connectivity index is 2.30. The molecule has 0 fully saturated rings. The number of carboxylic acids is 1. The second-order valence-electron chi connectivity index (χ2n) is 5.38. The van der Waals surface area contributed by atoms with Crippen LogP contribution >= 0.6 is 0 Å². The fourth-order valence-corrected chi connectivity index (χ4v) is 2.33. The third-order valence-corrected chi connectivity index (χ3v) is 3.50. The molecule has 1 N–H and O–H groups in total. The van der Waals surface area contributed by atoms with Gasteiger partial charge in [-0.25, -0.2) is 8.78 Å². The van der Waals surface area contributed by atoms with Crippen LogP contribution < -0.4 is 0 Å². The summed E-state index contributed by atoms with van der Waals surface area (Å²) in [7, 11) is 1.58. The number of carboxylic acid groups (broad SMARTS) is 1. The summed E-state index contributed by atoms with van der Waals surface area (Å²) in [5.74, 6) is -3.65. The van der Waals surface area contributed by atoms with Gasteiger partial charge in [0.1, 0.15) is 5.69 Å². The van der Waals surface area contributed by atoms with E-state index in [1.165, 1.54) is 21.7 Å². The number of carbonyl (C=O) groups excluding carboxylic acids is 1. The van der Waals surface area contributed by atoms with Gasteiger partial charge in [-0.3, -0.25) is 14.3 Å². The summed E-state index contributed by atoms with van der Waals surface area (Å²) >= 11 is 0. The van der Waals surface area contributed by atoms with Crippen molar-refractivity contribution in [1.29, 1.82) is 0 Å². The average molecular weight is 337 g/mol. The highest BCUT2D eigenvalue weighted by molar-refractivity contribution is 5.92. The van der Waals surface area contributed by atoms with E-state index in [-0.39, 0.29) is 30.8 Å². The first-order chi connectivity index (χ1) is 11.3. The molecule has 8 heteroatoms. The van der Waals surface area contributed by atoms with Gasteiger partial charge < -0.3 is 10.0 Å². The predicted octanol–water partition coefficient (Wildman–Crippen LogP) is 2.12. The summed E-state index contributed by atoms with van der Waals surface area (Å²) in [6.07, 6.45) is -0.306. The van der Waals surface area contributed by atoms with E-state index in [4.69, 9.17) is 5.11 Å². The van der Waals surface area contributed by atoms with Crippen molar-refractivity contribution in [3.63, 3.8) is 0 Å². The van der Waals surface area contributed by atoms with Crippen LogP contribution in [0, 0.1) is 18.6 Å². The minimum atomic E-state index is -1.09. The van der Waals surface area contributed by atoms with Crippen LogP contribution in [-0.2, 0) is 18.4 Å². The molecule has 0 aliphatic heterocycles. The van der Waals surface area contributed by atoms with Gasteiger partial charge in [-0.05, 0) is 19.1 Å². The summed E-state index contributed by atoms with van der Waals surface area (Å²) in [5.41, 5.74) is 0.846. The molecule has 2 aromatic rings. The molecule has 1 aromatic carbocycles. The summed E-state index contributed by atoms with van der Waals surface area (Å²) in [5, 5.41) is 12.9. The molecular weight excluding hydrogens is 320 g/mol. The molecule has 1 heterocycles. The number of halogens is 2. The Morgan fingerprint density at radius 3 is 2.62 bits per heavy atom. The Kier molecular flexibility index (Phi) is 5.28. The van der Waals surface area contributed by atoms with Crippen LogP contribution in [-0.4, -0.2) is 38.2 Å². The maximum absolute atomic E-state index is 13.9. The lowest BCUT2D eigenvalue weighted by atomic mass is 10.1. The van der Waals surface area contributed by atoms with Crippen molar-refractivity contribution >= 4 is 11.9 Å². The van der Waals surface area contributed by atoms with Crippen LogP contribution in [0.25, 0.3) is 0 Å². The van der Waals surface area contributed by atoms with Crippen molar-refractivity contribution in [2.45, 2.75) is 19.9 Å². The van der Waals surface area contributed by atoms with Gasteiger partial charge >= 0.3 is 5.97 Å². The second-order valence-corrected chi connectivity index (χ2v) is 5.38. The first-order valence-electron chi connectivity index (χ1n) is 7.24. The number of rotatable bonds is 6. The van der Waals surface area contributed by atoms with Gasteiger partial charge in [0.15, 0.2) is 11.6 Å². The number of hydrogen-bond acceptors (Lipinski definition) is 3. The van der Waals surface area contributed by atoms with Crippen molar-refractivity contribution in [3.05, 3.63) is 52.9 Å². The zero-order chi connectivity index (χ0) is 17.9. The Bertz CT molecular complexity index is 774. The number of nitrogens with zero attached hydrogens (tertiary/aromatic N) is 3. The van der Waals surface area contributed by atoms with Crippen molar-refractivity contribution in [2.24, 2.45) is 7.05 Å². The third kappa shape index (κ3) is 3.95. The molecule has 0 radical (unpaired) electrons.